The summed E-state index contributed by atoms with van der Waals surface area (Å²) in [4.78, 5) is 4.86. The van der Waals surface area contributed by atoms with E-state index in [0.29, 0.717) is 0 Å². The minimum atomic E-state index is 0.241. The minimum absolute atomic E-state index is 0.241. The largest absolute Gasteiger partial charge is 0.484 e. The van der Waals surface area contributed by atoms with E-state index in [1.54, 1.807) is 7.11 Å². The molecule has 0 bridgehead atoms. The molecule has 1 aliphatic rings. The predicted octanol–water partition coefficient (Wildman–Crippen LogP) is 5.07. The summed E-state index contributed by atoms with van der Waals surface area (Å²) in [7, 11) is 1.73. The van der Waals surface area contributed by atoms with Crippen molar-refractivity contribution in [2.75, 3.05) is 7.11 Å². The molecule has 0 fully saturated rings. The normalized spacial score (nSPS) is 17.2. The van der Waals surface area contributed by atoms with Crippen LogP contribution in [-0.2, 0) is 11.2 Å². The molecule has 0 saturated carbocycles. The Hall–Kier alpha value is -2.88. The second kappa shape index (κ2) is 8.21. The standard InChI is InChI=1S/C23H25N3O/c1-27-23-15-9-8-12-19(24-23)16-21-17-22(18-10-4-2-5-11-18)25-26(21)20-13-6-3-7-14-20/h2-7,10-11,13-14,17,19H,8-9,12,15-16H2,1H3. The zero-order valence-corrected chi connectivity index (χ0v) is 15.7. The van der Waals surface area contributed by atoms with Gasteiger partial charge in [-0.1, -0.05) is 55.0 Å². The molecule has 0 saturated heterocycles. The van der Waals surface area contributed by atoms with Crippen molar-refractivity contribution in [3.05, 3.63) is 72.4 Å². The van der Waals surface area contributed by atoms with Crippen LogP contribution < -0.4 is 0 Å². The lowest BCUT2D eigenvalue weighted by atomic mass is 10.0. The van der Waals surface area contributed by atoms with Gasteiger partial charge in [-0.05, 0) is 31.0 Å². The van der Waals surface area contributed by atoms with Crippen molar-refractivity contribution in [3.8, 4) is 16.9 Å². The van der Waals surface area contributed by atoms with Crippen LogP contribution in [0.1, 0.15) is 31.4 Å². The highest BCUT2D eigenvalue weighted by Crippen LogP contribution is 2.25. The van der Waals surface area contributed by atoms with E-state index in [2.05, 4.69) is 59.3 Å². The van der Waals surface area contributed by atoms with Crippen LogP contribution in [0.15, 0.2) is 71.7 Å². The summed E-state index contributed by atoms with van der Waals surface area (Å²) in [5.74, 6) is 0.881. The summed E-state index contributed by atoms with van der Waals surface area (Å²) in [6.07, 6.45) is 5.23. The molecule has 4 heteroatoms. The summed E-state index contributed by atoms with van der Waals surface area (Å²) in [6.45, 7) is 0. The smallest absolute Gasteiger partial charge is 0.183 e. The third kappa shape index (κ3) is 4.11. The average molecular weight is 359 g/mol. The van der Waals surface area contributed by atoms with Gasteiger partial charge in [0.15, 0.2) is 5.90 Å². The van der Waals surface area contributed by atoms with Crippen LogP contribution in [0.5, 0.6) is 0 Å². The maximum absolute atomic E-state index is 5.46. The van der Waals surface area contributed by atoms with Gasteiger partial charge in [0.05, 0.1) is 24.5 Å². The van der Waals surface area contributed by atoms with E-state index >= 15 is 0 Å². The molecule has 4 rings (SSSR count). The van der Waals surface area contributed by atoms with Gasteiger partial charge < -0.3 is 4.74 Å². The van der Waals surface area contributed by atoms with Crippen molar-refractivity contribution >= 4 is 5.90 Å². The highest BCUT2D eigenvalue weighted by atomic mass is 16.5. The molecule has 0 amide bonds. The first-order valence-corrected chi connectivity index (χ1v) is 9.64. The SMILES string of the molecule is COC1=NC(Cc2cc(-c3ccccc3)nn2-c2ccccc2)CCCC1. The summed E-state index contributed by atoms with van der Waals surface area (Å²) < 4.78 is 7.52. The molecule has 1 unspecified atom stereocenters. The van der Waals surface area contributed by atoms with Crippen LogP contribution in [0.3, 0.4) is 0 Å². The summed E-state index contributed by atoms with van der Waals surface area (Å²) >= 11 is 0. The van der Waals surface area contributed by atoms with Gasteiger partial charge in [-0.3, -0.25) is 4.99 Å². The lowest BCUT2D eigenvalue weighted by molar-refractivity contribution is 0.386. The van der Waals surface area contributed by atoms with E-state index in [9.17, 15) is 0 Å². The van der Waals surface area contributed by atoms with Gasteiger partial charge in [-0.2, -0.15) is 5.10 Å². The Morgan fingerprint density at radius 2 is 1.74 bits per heavy atom. The summed E-state index contributed by atoms with van der Waals surface area (Å²) in [5.41, 5.74) is 4.40. The highest BCUT2D eigenvalue weighted by Gasteiger charge is 2.19. The van der Waals surface area contributed by atoms with Crippen molar-refractivity contribution in [2.24, 2.45) is 4.99 Å². The quantitative estimate of drug-likeness (QED) is 0.652. The Morgan fingerprint density at radius 1 is 1.00 bits per heavy atom. The number of para-hydroxylation sites is 1. The van der Waals surface area contributed by atoms with E-state index < -0.39 is 0 Å². The van der Waals surface area contributed by atoms with Crippen LogP contribution in [0.25, 0.3) is 16.9 Å². The topological polar surface area (TPSA) is 39.4 Å². The third-order valence-corrected chi connectivity index (χ3v) is 5.04. The lowest BCUT2D eigenvalue weighted by Gasteiger charge is -2.13. The molecular formula is C23H25N3O. The van der Waals surface area contributed by atoms with Gasteiger partial charge in [0.2, 0.25) is 0 Å². The molecule has 1 aliphatic heterocycles. The maximum Gasteiger partial charge on any atom is 0.183 e. The molecule has 138 valence electrons. The molecule has 0 aliphatic carbocycles. The molecule has 27 heavy (non-hydrogen) atoms. The van der Waals surface area contributed by atoms with E-state index in [0.717, 1.165) is 48.5 Å². The Morgan fingerprint density at radius 3 is 2.48 bits per heavy atom. The van der Waals surface area contributed by atoms with Crippen molar-refractivity contribution in [2.45, 2.75) is 38.1 Å². The molecule has 0 N–H and O–H groups in total. The van der Waals surface area contributed by atoms with E-state index in [4.69, 9.17) is 14.8 Å². The second-order valence-corrected chi connectivity index (χ2v) is 6.96. The number of aromatic nitrogens is 2. The van der Waals surface area contributed by atoms with Gasteiger partial charge in [0.1, 0.15) is 0 Å². The van der Waals surface area contributed by atoms with E-state index in [-0.39, 0.29) is 6.04 Å². The van der Waals surface area contributed by atoms with Crippen LogP contribution in [0.2, 0.25) is 0 Å². The van der Waals surface area contributed by atoms with Gasteiger partial charge in [0.25, 0.3) is 0 Å². The zero-order valence-electron chi connectivity index (χ0n) is 15.7. The number of aliphatic imine (C=N–C) groups is 1. The molecule has 4 nitrogen and oxygen atoms in total. The van der Waals surface area contributed by atoms with Crippen molar-refractivity contribution in [1.82, 2.24) is 9.78 Å². The summed E-state index contributed by atoms with van der Waals surface area (Å²) in [6, 6.07) is 23.1. The first kappa shape index (κ1) is 17.5. The number of methoxy groups -OCH3 is 1. The van der Waals surface area contributed by atoms with Crippen LogP contribution in [0.4, 0.5) is 0 Å². The Labute approximate surface area is 160 Å². The van der Waals surface area contributed by atoms with E-state index in [1.165, 1.54) is 12.1 Å². The molecule has 3 aromatic rings. The summed E-state index contributed by atoms with van der Waals surface area (Å²) in [5, 5.41) is 4.92. The molecule has 0 spiro atoms. The van der Waals surface area contributed by atoms with Crippen molar-refractivity contribution in [1.29, 1.82) is 0 Å². The number of hydrogen-bond acceptors (Lipinski definition) is 3. The number of rotatable bonds is 4. The fourth-order valence-corrected chi connectivity index (χ4v) is 3.64. The van der Waals surface area contributed by atoms with Gasteiger partial charge >= 0.3 is 0 Å². The average Bonchev–Trinajstić information content (AvgIpc) is 3.01. The van der Waals surface area contributed by atoms with Crippen LogP contribution in [-0.4, -0.2) is 28.8 Å². The highest BCUT2D eigenvalue weighted by molar-refractivity contribution is 5.76. The first-order valence-electron chi connectivity index (χ1n) is 9.64. The Kier molecular flexibility index (Phi) is 5.33. The third-order valence-electron chi connectivity index (χ3n) is 5.04. The molecule has 1 aromatic heterocycles. The molecular weight excluding hydrogens is 334 g/mol. The van der Waals surface area contributed by atoms with Gasteiger partial charge in [0, 0.05) is 24.1 Å². The lowest BCUT2D eigenvalue weighted by Crippen LogP contribution is -2.14. The number of benzene rings is 2. The monoisotopic (exact) mass is 359 g/mol. The number of nitrogens with zero attached hydrogens (tertiary/aromatic N) is 3. The number of ether oxygens (including phenoxy) is 1. The first-order chi connectivity index (χ1) is 13.3. The fraction of sp³-hybridized carbons (Fsp3) is 0.304. The van der Waals surface area contributed by atoms with Crippen molar-refractivity contribution in [3.63, 3.8) is 0 Å². The molecule has 2 aromatic carbocycles. The second-order valence-electron chi connectivity index (χ2n) is 6.96. The molecule has 0 radical (unpaired) electrons. The predicted molar refractivity (Wildman–Crippen MR) is 109 cm³/mol. The van der Waals surface area contributed by atoms with Gasteiger partial charge in [-0.25, -0.2) is 4.68 Å². The molecule has 2 heterocycles. The fourth-order valence-electron chi connectivity index (χ4n) is 3.64. The molecule has 1 atom stereocenters. The van der Waals surface area contributed by atoms with Crippen LogP contribution >= 0.6 is 0 Å². The van der Waals surface area contributed by atoms with Crippen LogP contribution in [0, 0.1) is 0 Å². The van der Waals surface area contributed by atoms with E-state index in [1.807, 2.05) is 12.1 Å². The van der Waals surface area contributed by atoms with Gasteiger partial charge in [-0.15, -0.1) is 0 Å². The minimum Gasteiger partial charge on any atom is -0.484 e. The zero-order chi connectivity index (χ0) is 18.5. The maximum atomic E-state index is 5.46. The Bertz CT molecular complexity index is 900. The Balaban J connectivity index is 1.71. The van der Waals surface area contributed by atoms with Crippen molar-refractivity contribution < 1.29 is 4.74 Å². The number of hydrogen-bond donors (Lipinski definition) is 0.